The van der Waals surface area contributed by atoms with Crippen molar-refractivity contribution in [2.45, 2.75) is 17.9 Å². The number of nitrogens with one attached hydrogen (secondary N) is 3. The number of likely N-dealkylation sites (N-methyl/N-ethyl adjacent to an activating group) is 3. The first kappa shape index (κ1) is 17.6. The van der Waals surface area contributed by atoms with Gasteiger partial charge >= 0.3 is 0 Å². The second-order valence-electron chi connectivity index (χ2n) is 5.45. The number of amides is 1. The summed E-state index contributed by atoms with van der Waals surface area (Å²) in [5.41, 5.74) is -0.0644. The Labute approximate surface area is 136 Å². The summed E-state index contributed by atoms with van der Waals surface area (Å²) in [6.07, 6.45) is 1.37. The lowest BCUT2D eigenvalue weighted by Crippen LogP contribution is -2.78. The van der Waals surface area contributed by atoms with E-state index in [-0.39, 0.29) is 12.5 Å². The Bertz CT molecular complexity index is 548. The monoisotopic (exact) mass is 320 g/mol. The molecule has 1 unspecified atom stereocenters. The van der Waals surface area contributed by atoms with E-state index < -0.39 is 11.5 Å². The highest BCUT2D eigenvalue weighted by molar-refractivity contribution is 5.89. The maximum Gasteiger partial charge on any atom is 0.288 e. The van der Waals surface area contributed by atoms with Crippen LogP contribution in [-0.2, 0) is 20.7 Å². The van der Waals surface area contributed by atoms with Crippen LogP contribution in [0.3, 0.4) is 0 Å². The van der Waals surface area contributed by atoms with E-state index in [1.54, 1.807) is 21.1 Å². The largest absolute Gasteiger partial charge is 0.335 e. The third kappa shape index (κ3) is 3.13. The first-order valence-corrected chi connectivity index (χ1v) is 7.60. The number of hydrogen-bond donors (Lipinski definition) is 3. The van der Waals surface area contributed by atoms with Crippen LogP contribution in [0.2, 0.25) is 0 Å². The first-order chi connectivity index (χ1) is 11.1. The zero-order chi connectivity index (χ0) is 16.9. The topological polar surface area (TPSA) is 82.7 Å². The Balaban J connectivity index is 2.27. The molecule has 1 aromatic carbocycles. The van der Waals surface area contributed by atoms with Gasteiger partial charge in [-0.2, -0.15) is 0 Å². The third-order valence-electron chi connectivity index (χ3n) is 4.34. The van der Waals surface area contributed by atoms with Gasteiger partial charge in [-0.05, 0) is 33.1 Å². The Morgan fingerprint density at radius 1 is 1.17 bits per heavy atom. The van der Waals surface area contributed by atoms with Crippen LogP contribution in [0.25, 0.3) is 0 Å². The van der Waals surface area contributed by atoms with Gasteiger partial charge in [-0.3, -0.25) is 25.5 Å². The van der Waals surface area contributed by atoms with Crippen molar-refractivity contribution in [2.75, 3.05) is 34.3 Å². The minimum absolute atomic E-state index is 0.0508. The Morgan fingerprint density at radius 3 is 2.35 bits per heavy atom. The average molecular weight is 320 g/mol. The number of rotatable bonds is 7. The van der Waals surface area contributed by atoms with Gasteiger partial charge in [-0.25, -0.2) is 0 Å². The molecule has 7 heteroatoms. The van der Waals surface area contributed by atoms with Crippen LogP contribution in [0.4, 0.5) is 0 Å². The fraction of sp³-hybridized carbons (Fsp3) is 0.500. The van der Waals surface area contributed by atoms with Crippen molar-refractivity contribution in [1.29, 1.82) is 0 Å². The minimum Gasteiger partial charge on any atom is -0.335 e. The van der Waals surface area contributed by atoms with Crippen molar-refractivity contribution in [3.05, 3.63) is 35.9 Å². The van der Waals surface area contributed by atoms with E-state index in [1.165, 1.54) is 4.90 Å². The van der Waals surface area contributed by atoms with Gasteiger partial charge in [0, 0.05) is 6.54 Å². The summed E-state index contributed by atoms with van der Waals surface area (Å²) in [4.78, 5) is 26.2. The van der Waals surface area contributed by atoms with E-state index in [4.69, 9.17) is 4.74 Å². The second kappa shape index (κ2) is 7.18. The maximum atomic E-state index is 12.9. The van der Waals surface area contributed by atoms with Crippen molar-refractivity contribution in [3.8, 4) is 0 Å². The molecule has 7 nitrogen and oxygen atoms in total. The predicted octanol–water partition coefficient (Wildman–Crippen LogP) is -0.705. The van der Waals surface area contributed by atoms with Crippen molar-refractivity contribution < 1.29 is 14.3 Å². The van der Waals surface area contributed by atoms with E-state index in [9.17, 15) is 9.59 Å². The molecule has 0 saturated carbocycles. The molecule has 3 N–H and O–H groups in total. The summed E-state index contributed by atoms with van der Waals surface area (Å²) in [5.74, 6) is -1.65. The van der Waals surface area contributed by atoms with Gasteiger partial charge in [0.15, 0.2) is 11.9 Å². The lowest BCUT2D eigenvalue weighted by molar-refractivity contribution is -0.207. The van der Waals surface area contributed by atoms with Gasteiger partial charge < -0.3 is 9.64 Å². The summed E-state index contributed by atoms with van der Waals surface area (Å²) in [6, 6.07) is 9.84. The number of carbonyl (C=O) groups excluding carboxylic acids is 2. The third-order valence-corrected chi connectivity index (χ3v) is 4.34. The van der Waals surface area contributed by atoms with Gasteiger partial charge in [0.25, 0.3) is 11.8 Å². The number of ether oxygens (including phenoxy) is 1. The molecule has 1 heterocycles. The SMILES string of the molecule is CNC1(NC)OCC(C=O)(NC)N(CCc2ccccc2)C1=O. The molecule has 1 saturated heterocycles. The summed E-state index contributed by atoms with van der Waals surface area (Å²) in [7, 11) is 4.92. The quantitative estimate of drug-likeness (QED) is 0.455. The summed E-state index contributed by atoms with van der Waals surface area (Å²) >= 11 is 0. The Kier molecular flexibility index (Phi) is 5.48. The van der Waals surface area contributed by atoms with Gasteiger partial charge in [0.1, 0.15) is 0 Å². The highest BCUT2D eigenvalue weighted by atomic mass is 16.5. The van der Waals surface area contributed by atoms with E-state index in [0.717, 1.165) is 11.8 Å². The molecule has 0 radical (unpaired) electrons. The van der Waals surface area contributed by atoms with Gasteiger partial charge in [-0.1, -0.05) is 30.3 Å². The predicted molar refractivity (Wildman–Crippen MR) is 86.5 cm³/mol. The highest BCUT2D eigenvalue weighted by Crippen LogP contribution is 2.24. The number of carbonyl (C=O) groups is 2. The van der Waals surface area contributed by atoms with Crippen LogP contribution in [0, 0.1) is 0 Å². The van der Waals surface area contributed by atoms with Crippen LogP contribution >= 0.6 is 0 Å². The first-order valence-electron chi connectivity index (χ1n) is 7.60. The van der Waals surface area contributed by atoms with Crippen LogP contribution in [0.1, 0.15) is 5.56 Å². The smallest absolute Gasteiger partial charge is 0.288 e. The van der Waals surface area contributed by atoms with Crippen molar-refractivity contribution in [1.82, 2.24) is 20.9 Å². The molecule has 0 spiro atoms. The summed E-state index contributed by atoms with van der Waals surface area (Å²) in [6.45, 7) is 0.451. The van der Waals surface area contributed by atoms with Gasteiger partial charge in [-0.15, -0.1) is 0 Å². The fourth-order valence-corrected chi connectivity index (χ4v) is 2.76. The number of morpholine rings is 1. The fourth-order valence-electron chi connectivity index (χ4n) is 2.76. The molecule has 1 amide bonds. The molecular formula is C16H24N4O3. The van der Waals surface area contributed by atoms with Crippen molar-refractivity contribution in [3.63, 3.8) is 0 Å². The lowest BCUT2D eigenvalue weighted by atomic mass is 10.0. The number of aldehydes is 1. The number of nitrogens with zero attached hydrogens (tertiary/aromatic N) is 1. The van der Waals surface area contributed by atoms with Crippen LogP contribution < -0.4 is 16.0 Å². The molecule has 0 aromatic heterocycles. The molecular weight excluding hydrogens is 296 g/mol. The molecule has 0 bridgehead atoms. The van der Waals surface area contributed by atoms with Crippen LogP contribution in [0.15, 0.2) is 30.3 Å². The minimum atomic E-state index is -1.32. The molecule has 23 heavy (non-hydrogen) atoms. The Hall–Kier alpha value is -1.80. The summed E-state index contributed by atoms with van der Waals surface area (Å²) < 4.78 is 5.65. The molecule has 2 rings (SSSR count). The zero-order valence-electron chi connectivity index (χ0n) is 13.8. The lowest BCUT2D eigenvalue weighted by Gasteiger charge is -2.49. The van der Waals surface area contributed by atoms with E-state index in [1.807, 2.05) is 30.3 Å². The highest BCUT2D eigenvalue weighted by Gasteiger charge is 2.53. The number of benzene rings is 1. The van der Waals surface area contributed by atoms with Crippen LogP contribution in [-0.4, -0.2) is 62.9 Å². The summed E-state index contributed by atoms with van der Waals surface area (Å²) in [5, 5.41) is 8.65. The normalized spacial score (nSPS) is 23.8. The molecule has 1 aromatic rings. The van der Waals surface area contributed by atoms with Gasteiger partial charge in [0.2, 0.25) is 0 Å². The van der Waals surface area contributed by atoms with Crippen molar-refractivity contribution >= 4 is 12.2 Å². The number of hydrogen-bond acceptors (Lipinski definition) is 6. The molecule has 1 atom stereocenters. The maximum absolute atomic E-state index is 12.9. The average Bonchev–Trinajstić information content (AvgIpc) is 2.62. The molecule has 0 aliphatic carbocycles. The molecule has 1 aliphatic heterocycles. The Morgan fingerprint density at radius 2 is 1.83 bits per heavy atom. The second-order valence-corrected chi connectivity index (χ2v) is 5.45. The van der Waals surface area contributed by atoms with Gasteiger partial charge in [0.05, 0.1) is 6.61 Å². The van der Waals surface area contributed by atoms with E-state index >= 15 is 0 Å². The van der Waals surface area contributed by atoms with E-state index in [0.29, 0.717) is 13.0 Å². The standard InChI is InChI=1S/C16H24N4O3/c1-17-15(11-21)12-23-16(18-2,19-3)14(22)20(15)10-9-13-7-5-4-6-8-13/h4-8,11,17-19H,9-10,12H2,1-3H3. The molecule has 126 valence electrons. The van der Waals surface area contributed by atoms with Crippen LogP contribution in [0.5, 0.6) is 0 Å². The zero-order valence-corrected chi connectivity index (χ0v) is 13.8. The molecule has 1 fully saturated rings. The molecule has 1 aliphatic rings. The van der Waals surface area contributed by atoms with E-state index in [2.05, 4.69) is 16.0 Å². The van der Waals surface area contributed by atoms with Crippen molar-refractivity contribution in [2.24, 2.45) is 0 Å².